The molecule has 3 rings (SSSR count). The van der Waals surface area contributed by atoms with E-state index in [4.69, 9.17) is 16.2 Å². The Hall–Kier alpha value is -3.96. The van der Waals surface area contributed by atoms with Gasteiger partial charge < -0.3 is 16.2 Å². The first-order chi connectivity index (χ1) is 15.4. The van der Waals surface area contributed by atoms with Gasteiger partial charge >= 0.3 is 12.1 Å². The van der Waals surface area contributed by atoms with Crippen molar-refractivity contribution in [1.29, 1.82) is 0 Å². The summed E-state index contributed by atoms with van der Waals surface area (Å²) < 4.78 is 70.1. The molecule has 0 aliphatic heterocycles. The Kier molecular flexibility index (Phi) is 6.38. The third-order valence-electron chi connectivity index (χ3n) is 4.52. The van der Waals surface area contributed by atoms with Crippen molar-refractivity contribution in [1.82, 2.24) is 9.78 Å². The van der Waals surface area contributed by atoms with Crippen LogP contribution in [0.4, 0.5) is 22.0 Å². The van der Waals surface area contributed by atoms with Gasteiger partial charge in [-0.25, -0.2) is 0 Å². The Bertz CT molecular complexity index is 1190. The molecular weight excluding hydrogens is 451 g/mol. The van der Waals surface area contributed by atoms with Gasteiger partial charge in [0.1, 0.15) is 12.3 Å². The lowest BCUT2D eigenvalue weighted by Gasteiger charge is -2.21. The Balaban J connectivity index is 1.99. The zero-order chi connectivity index (χ0) is 24.4. The molecule has 3 aromatic rings. The lowest BCUT2D eigenvalue weighted by atomic mass is 10.0. The number of nitrogens with zero attached hydrogens (tertiary/aromatic N) is 2. The second-order valence-electron chi connectivity index (χ2n) is 6.97. The number of carbonyl (C=O) groups excluding carboxylic acids is 2. The van der Waals surface area contributed by atoms with E-state index >= 15 is 0 Å². The maximum Gasteiger partial charge on any atom is 0.456 e. The van der Waals surface area contributed by atoms with E-state index in [9.17, 15) is 31.5 Å². The number of amides is 2. The lowest BCUT2D eigenvalue weighted by Crippen LogP contribution is -2.41. The first-order valence-electron chi connectivity index (χ1n) is 9.32. The van der Waals surface area contributed by atoms with Gasteiger partial charge in [-0.15, -0.1) is 0 Å². The van der Waals surface area contributed by atoms with Gasteiger partial charge in [-0.1, -0.05) is 36.4 Å². The predicted molar refractivity (Wildman–Crippen MR) is 107 cm³/mol. The number of alkyl halides is 5. The van der Waals surface area contributed by atoms with Gasteiger partial charge in [-0.2, -0.15) is 27.1 Å². The molecule has 2 aromatic carbocycles. The molecular formula is C21H17F5N4O3. The number of halogens is 5. The van der Waals surface area contributed by atoms with Crippen LogP contribution in [0.1, 0.15) is 10.5 Å². The number of benzene rings is 2. The molecule has 0 aliphatic rings. The van der Waals surface area contributed by atoms with E-state index < -0.39 is 30.5 Å². The minimum absolute atomic E-state index is 0.116. The molecule has 7 nitrogen and oxygen atoms in total. The molecule has 1 heterocycles. The Morgan fingerprint density at radius 1 is 0.939 bits per heavy atom. The Morgan fingerprint density at radius 2 is 1.61 bits per heavy atom. The molecule has 4 N–H and O–H groups in total. The summed E-state index contributed by atoms with van der Waals surface area (Å²) in [4.78, 5) is 22.9. The highest BCUT2D eigenvalue weighted by molar-refractivity contribution is 5.92. The van der Waals surface area contributed by atoms with Gasteiger partial charge in [0.05, 0.1) is 5.69 Å². The highest BCUT2D eigenvalue weighted by Crippen LogP contribution is 2.38. The van der Waals surface area contributed by atoms with Crippen molar-refractivity contribution < 1.29 is 36.3 Å². The molecule has 2 amide bonds. The minimum atomic E-state index is -5.75. The molecule has 33 heavy (non-hydrogen) atoms. The number of ether oxygens (including phenoxy) is 1. The van der Waals surface area contributed by atoms with Crippen molar-refractivity contribution in [2.24, 2.45) is 11.5 Å². The van der Waals surface area contributed by atoms with Crippen LogP contribution in [0.25, 0.3) is 22.4 Å². The average molecular weight is 468 g/mol. The molecule has 0 aliphatic carbocycles. The van der Waals surface area contributed by atoms with E-state index in [0.29, 0.717) is 16.8 Å². The van der Waals surface area contributed by atoms with Crippen molar-refractivity contribution in [2.75, 3.05) is 6.61 Å². The van der Waals surface area contributed by atoms with Gasteiger partial charge in [-0.05, 0) is 23.8 Å². The number of hydrogen-bond acceptors (Lipinski definition) is 4. The second-order valence-corrected chi connectivity index (χ2v) is 6.97. The smallest absolute Gasteiger partial charge is 0.456 e. The van der Waals surface area contributed by atoms with E-state index in [1.54, 1.807) is 30.3 Å². The van der Waals surface area contributed by atoms with Crippen molar-refractivity contribution in [3.8, 4) is 28.1 Å². The van der Waals surface area contributed by atoms with Crippen LogP contribution in [-0.4, -0.2) is 40.3 Å². The van der Waals surface area contributed by atoms with Crippen LogP contribution in [0.2, 0.25) is 0 Å². The largest absolute Gasteiger partial charge is 0.486 e. The molecule has 174 valence electrons. The normalized spacial score (nSPS) is 11.9. The minimum Gasteiger partial charge on any atom is -0.486 e. The van der Waals surface area contributed by atoms with Crippen molar-refractivity contribution >= 4 is 11.8 Å². The number of nitrogens with two attached hydrogens (primary N) is 2. The van der Waals surface area contributed by atoms with Crippen LogP contribution >= 0.6 is 0 Å². The number of rotatable bonds is 8. The van der Waals surface area contributed by atoms with Gasteiger partial charge in [0.25, 0.3) is 5.91 Å². The molecule has 0 fully saturated rings. The van der Waals surface area contributed by atoms with E-state index in [2.05, 4.69) is 5.10 Å². The SMILES string of the molecule is NC(=O)Cn1nc(C(N)=O)cc1-c1cccc(-c2ccccc2OCC(F)(F)C(F)(F)F)c1. The van der Waals surface area contributed by atoms with Crippen LogP contribution in [0.5, 0.6) is 5.75 Å². The number of carbonyl (C=O) groups is 2. The first-order valence-corrected chi connectivity index (χ1v) is 9.32. The zero-order valence-electron chi connectivity index (χ0n) is 16.8. The highest BCUT2D eigenvalue weighted by atomic mass is 19.4. The quantitative estimate of drug-likeness (QED) is 0.494. The number of para-hydroxylation sites is 1. The number of primary amides is 2. The van der Waals surface area contributed by atoms with Crippen molar-refractivity contribution in [3.63, 3.8) is 0 Å². The fraction of sp³-hybridized carbons (Fsp3) is 0.190. The topological polar surface area (TPSA) is 113 Å². The lowest BCUT2D eigenvalue weighted by molar-refractivity contribution is -0.289. The third kappa shape index (κ3) is 5.27. The maximum absolute atomic E-state index is 13.3. The summed E-state index contributed by atoms with van der Waals surface area (Å²) in [6.45, 7) is -2.24. The first kappa shape index (κ1) is 23.7. The van der Waals surface area contributed by atoms with E-state index in [-0.39, 0.29) is 23.6 Å². The number of hydrogen-bond donors (Lipinski definition) is 2. The molecule has 0 radical (unpaired) electrons. The summed E-state index contributed by atoms with van der Waals surface area (Å²) in [6.07, 6.45) is -5.75. The molecule has 0 saturated heterocycles. The van der Waals surface area contributed by atoms with Crippen LogP contribution in [0.15, 0.2) is 54.6 Å². The van der Waals surface area contributed by atoms with E-state index in [1.165, 1.54) is 28.9 Å². The van der Waals surface area contributed by atoms with Crippen LogP contribution in [0.3, 0.4) is 0 Å². The zero-order valence-corrected chi connectivity index (χ0v) is 16.8. The standard InChI is InChI=1S/C21H17F5N4O3/c22-20(23,21(24,25)26)11-33-17-7-2-1-6-14(17)12-4-3-5-13(8-12)16-9-15(19(28)32)29-30(16)10-18(27)31/h1-9H,10-11H2,(H2,27,31)(H2,28,32). The highest BCUT2D eigenvalue weighted by Gasteiger charge is 2.58. The Labute approximate surface area is 183 Å². The fourth-order valence-electron chi connectivity index (χ4n) is 2.96. The van der Waals surface area contributed by atoms with E-state index in [1.807, 2.05) is 0 Å². The summed E-state index contributed by atoms with van der Waals surface area (Å²) in [5, 5.41) is 3.95. The van der Waals surface area contributed by atoms with Crippen LogP contribution in [-0.2, 0) is 11.3 Å². The maximum atomic E-state index is 13.3. The predicted octanol–water partition coefficient (Wildman–Crippen LogP) is 3.38. The molecule has 12 heteroatoms. The molecule has 0 spiro atoms. The van der Waals surface area contributed by atoms with Gasteiger partial charge in [0, 0.05) is 11.1 Å². The Morgan fingerprint density at radius 3 is 2.24 bits per heavy atom. The van der Waals surface area contributed by atoms with Crippen LogP contribution in [0, 0.1) is 0 Å². The van der Waals surface area contributed by atoms with Gasteiger partial charge in [0.2, 0.25) is 5.91 Å². The summed E-state index contributed by atoms with van der Waals surface area (Å²) >= 11 is 0. The van der Waals surface area contributed by atoms with Gasteiger partial charge in [-0.3, -0.25) is 14.3 Å². The fourth-order valence-corrected chi connectivity index (χ4v) is 2.96. The molecule has 1 aromatic heterocycles. The monoisotopic (exact) mass is 468 g/mol. The second kappa shape index (κ2) is 8.88. The molecule has 0 saturated carbocycles. The third-order valence-corrected chi connectivity index (χ3v) is 4.52. The summed E-state index contributed by atoms with van der Waals surface area (Å²) in [7, 11) is 0. The van der Waals surface area contributed by atoms with Crippen LogP contribution < -0.4 is 16.2 Å². The van der Waals surface area contributed by atoms with E-state index in [0.717, 1.165) is 0 Å². The summed E-state index contributed by atoms with van der Waals surface area (Å²) in [6, 6.07) is 13.4. The van der Waals surface area contributed by atoms with Crippen molar-refractivity contribution in [2.45, 2.75) is 18.6 Å². The van der Waals surface area contributed by atoms with Gasteiger partial charge in [0.15, 0.2) is 12.3 Å². The summed E-state index contributed by atoms with van der Waals surface area (Å²) in [5.41, 5.74) is 11.8. The molecule has 0 unspecified atom stereocenters. The average Bonchev–Trinajstić information content (AvgIpc) is 3.15. The molecule has 0 atom stereocenters. The molecule has 0 bridgehead atoms. The number of aromatic nitrogens is 2. The van der Waals surface area contributed by atoms with Crippen molar-refractivity contribution in [3.05, 3.63) is 60.3 Å². The summed E-state index contributed by atoms with van der Waals surface area (Å²) in [5.74, 6) is -6.79.